The Kier molecular flexibility index (Phi) is 3.79. The molecule has 0 bridgehead atoms. The van der Waals surface area contributed by atoms with Crippen LogP contribution in [0, 0.1) is 0 Å². The molecule has 0 aliphatic carbocycles. The molecule has 1 unspecified atom stereocenters. The lowest BCUT2D eigenvalue weighted by atomic mass is 10.2. The van der Waals surface area contributed by atoms with Gasteiger partial charge in [0.2, 0.25) is 5.95 Å². The number of hydrogen-bond donors (Lipinski definition) is 1. The zero-order valence-corrected chi connectivity index (χ0v) is 11.5. The molecule has 2 rings (SSSR count). The maximum absolute atomic E-state index is 11.4. The highest BCUT2D eigenvalue weighted by Crippen LogP contribution is 2.15. The Morgan fingerprint density at radius 2 is 1.94 bits per heavy atom. The SMILES string of the molecule is CCc1nnc(NC2CCS(=O)(=O)C2)nc1CC. The predicted octanol–water partition coefficient (Wildman–Crippen LogP) is 0.595. The van der Waals surface area contributed by atoms with E-state index < -0.39 is 9.84 Å². The molecule has 1 atom stereocenters. The van der Waals surface area contributed by atoms with E-state index in [0.717, 1.165) is 24.2 Å². The molecule has 1 aliphatic heterocycles. The second-order valence-electron chi connectivity index (χ2n) is 4.48. The zero-order valence-electron chi connectivity index (χ0n) is 10.7. The van der Waals surface area contributed by atoms with Crippen LogP contribution in [0.1, 0.15) is 31.7 Å². The normalized spacial score (nSPS) is 22.0. The quantitative estimate of drug-likeness (QED) is 0.862. The summed E-state index contributed by atoms with van der Waals surface area (Å²) in [6, 6.07) is -0.0889. The van der Waals surface area contributed by atoms with Gasteiger partial charge in [0, 0.05) is 6.04 Å². The van der Waals surface area contributed by atoms with Gasteiger partial charge in [0.25, 0.3) is 0 Å². The summed E-state index contributed by atoms with van der Waals surface area (Å²) in [5, 5.41) is 11.2. The number of rotatable bonds is 4. The van der Waals surface area contributed by atoms with E-state index in [0.29, 0.717) is 12.4 Å². The fraction of sp³-hybridized carbons (Fsp3) is 0.727. The van der Waals surface area contributed by atoms with Gasteiger partial charge in [-0.1, -0.05) is 13.8 Å². The van der Waals surface area contributed by atoms with Crippen molar-refractivity contribution in [2.45, 2.75) is 39.2 Å². The lowest BCUT2D eigenvalue weighted by Crippen LogP contribution is -2.23. The van der Waals surface area contributed by atoms with E-state index >= 15 is 0 Å². The molecule has 1 aliphatic rings. The third-order valence-corrected chi connectivity index (χ3v) is 4.84. The van der Waals surface area contributed by atoms with E-state index in [1.807, 2.05) is 13.8 Å². The molecule has 7 heteroatoms. The Bertz CT molecular complexity index is 530. The van der Waals surface area contributed by atoms with Crippen LogP contribution in [-0.2, 0) is 22.7 Å². The number of anilines is 1. The molecule has 0 aromatic carbocycles. The van der Waals surface area contributed by atoms with Gasteiger partial charge in [-0.15, -0.1) is 5.10 Å². The summed E-state index contributed by atoms with van der Waals surface area (Å²) in [6.45, 7) is 4.04. The number of nitrogens with one attached hydrogen (secondary N) is 1. The van der Waals surface area contributed by atoms with Crippen molar-refractivity contribution >= 4 is 15.8 Å². The minimum Gasteiger partial charge on any atom is -0.349 e. The van der Waals surface area contributed by atoms with Gasteiger partial charge in [-0.2, -0.15) is 5.10 Å². The first-order valence-corrected chi connectivity index (χ1v) is 8.05. The van der Waals surface area contributed by atoms with Crippen molar-refractivity contribution in [3.63, 3.8) is 0 Å². The highest BCUT2D eigenvalue weighted by atomic mass is 32.2. The van der Waals surface area contributed by atoms with Crippen molar-refractivity contribution in [3.8, 4) is 0 Å². The van der Waals surface area contributed by atoms with Gasteiger partial charge in [-0.25, -0.2) is 13.4 Å². The maximum atomic E-state index is 11.4. The van der Waals surface area contributed by atoms with Gasteiger partial charge in [-0.05, 0) is 19.3 Å². The minimum atomic E-state index is -2.88. The number of hydrogen-bond acceptors (Lipinski definition) is 6. The van der Waals surface area contributed by atoms with Crippen molar-refractivity contribution in [1.29, 1.82) is 0 Å². The van der Waals surface area contributed by atoms with Crippen molar-refractivity contribution in [2.75, 3.05) is 16.8 Å². The number of nitrogens with zero attached hydrogens (tertiary/aromatic N) is 3. The van der Waals surface area contributed by atoms with Crippen LogP contribution in [-0.4, -0.2) is 41.1 Å². The number of aromatic nitrogens is 3. The van der Waals surface area contributed by atoms with Gasteiger partial charge in [0.1, 0.15) is 0 Å². The Balaban J connectivity index is 2.11. The molecular formula is C11H18N4O2S. The van der Waals surface area contributed by atoms with Gasteiger partial charge < -0.3 is 5.32 Å². The zero-order chi connectivity index (χ0) is 13.2. The molecule has 1 aromatic rings. The summed E-state index contributed by atoms with van der Waals surface area (Å²) in [6.07, 6.45) is 2.22. The molecule has 0 amide bonds. The fourth-order valence-electron chi connectivity index (χ4n) is 2.09. The van der Waals surface area contributed by atoms with Crippen LogP contribution >= 0.6 is 0 Å². The highest BCUT2D eigenvalue weighted by molar-refractivity contribution is 7.91. The van der Waals surface area contributed by atoms with E-state index in [-0.39, 0.29) is 17.5 Å². The molecule has 1 aromatic heterocycles. The first kappa shape index (κ1) is 13.2. The fourth-order valence-corrected chi connectivity index (χ4v) is 3.76. The summed E-state index contributed by atoms with van der Waals surface area (Å²) in [7, 11) is -2.88. The summed E-state index contributed by atoms with van der Waals surface area (Å²) in [5.41, 5.74) is 1.83. The topological polar surface area (TPSA) is 84.8 Å². The van der Waals surface area contributed by atoms with Gasteiger partial charge in [0.15, 0.2) is 9.84 Å². The van der Waals surface area contributed by atoms with Gasteiger partial charge >= 0.3 is 0 Å². The molecule has 1 N–H and O–H groups in total. The van der Waals surface area contributed by atoms with Gasteiger partial charge in [0.05, 0.1) is 22.9 Å². The van der Waals surface area contributed by atoms with Crippen LogP contribution in [0.4, 0.5) is 5.95 Å². The summed E-state index contributed by atoms with van der Waals surface area (Å²) in [4.78, 5) is 4.39. The van der Waals surface area contributed by atoms with Crippen LogP contribution in [0.5, 0.6) is 0 Å². The largest absolute Gasteiger partial charge is 0.349 e. The lowest BCUT2D eigenvalue weighted by molar-refractivity contribution is 0.602. The second kappa shape index (κ2) is 5.17. The van der Waals surface area contributed by atoms with E-state index in [9.17, 15) is 8.42 Å². The minimum absolute atomic E-state index is 0.0889. The van der Waals surface area contributed by atoms with Crippen LogP contribution < -0.4 is 5.32 Å². The average Bonchev–Trinajstić information content (AvgIpc) is 2.68. The van der Waals surface area contributed by atoms with E-state index in [4.69, 9.17) is 0 Å². The Hall–Kier alpha value is -1.24. The molecule has 18 heavy (non-hydrogen) atoms. The number of sulfone groups is 1. The lowest BCUT2D eigenvalue weighted by Gasteiger charge is -2.11. The first-order valence-electron chi connectivity index (χ1n) is 6.23. The summed E-state index contributed by atoms with van der Waals surface area (Å²) < 4.78 is 22.7. The van der Waals surface area contributed by atoms with E-state index in [1.165, 1.54) is 0 Å². The standard InChI is InChI=1S/C11H18N4O2S/c1-3-9-10(4-2)14-15-11(13-9)12-8-5-6-18(16,17)7-8/h8H,3-7H2,1-2H3,(H,12,13,15). The third-order valence-electron chi connectivity index (χ3n) is 3.07. The van der Waals surface area contributed by atoms with Crippen LogP contribution in [0.15, 0.2) is 0 Å². The Morgan fingerprint density at radius 3 is 2.50 bits per heavy atom. The van der Waals surface area contributed by atoms with Gasteiger partial charge in [-0.3, -0.25) is 0 Å². The summed E-state index contributed by atoms with van der Waals surface area (Å²) in [5.74, 6) is 0.838. The molecule has 1 fully saturated rings. The molecule has 6 nitrogen and oxygen atoms in total. The van der Waals surface area contributed by atoms with Crippen molar-refractivity contribution in [2.24, 2.45) is 0 Å². The first-order chi connectivity index (χ1) is 8.54. The molecule has 0 spiro atoms. The molecule has 2 heterocycles. The monoisotopic (exact) mass is 270 g/mol. The molecule has 1 saturated heterocycles. The summed E-state index contributed by atoms with van der Waals surface area (Å²) >= 11 is 0. The molecule has 100 valence electrons. The smallest absolute Gasteiger partial charge is 0.243 e. The maximum Gasteiger partial charge on any atom is 0.243 e. The molecule has 0 saturated carbocycles. The molecular weight excluding hydrogens is 252 g/mol. The van der Waals surface area contributed by atoms with Crippen LogP contribution in [0.3, 0.4) is 0 Å². The van der Waals surface area contributed by atoms with Crippen molar-refractivity contribution < 1.29 is 8.42 Å². The van der Waals surface area contributed by atoms with E-state index in [2.05, 4.69) is 20.5 Å². The Morgan fingerprint density at radius 1 is 1.22 bits per heavy atom. The second-order valence-corrected chi connectivity index (χ2v) is 6.71. The third kappa shape index (κ3) is 2.95. The van der Waals surface area contributed by atoms with Crippen LogP contribution in [0.25, 0.3) is 0 Å². The average molecular weight is 270 g/mol. The number of aryl methyl sites for hydroxylation is 2. The van der Waals surface area contributed by atoms with Crippen molar-refractivity contribution in [1.82, 2.24) is 15.2 Å². The molecule has 0 radical (unpaired) electrons. The van der Waals surface area contributed by atoms with Crippen LogP contribution in [0.2, 0.25) is 0 Å². The van der Waals surface area contributed by atoms with E-state index in [1.54, 1.807) is 0 Å². The van der Waals surface area contributed by atoms with Crippen molar-refractivity contribution in [3.05, 3.63) is 11.4 Å². The Labute approximate surface area is 107 Å². The predicted molar refractivity (Wildman–Crippen MR) is 69.3 cm³/mol. The highest BCUT2D eigenvalue weighted by Gasteiger charge is 2.28.